The average molecular weight is 232 g/mol. The van der Waals surface area contributed by atoms with Crippen molar-refractivity contribution in [2.75, 3.05) is 0 Å². The summed E-state index contributed by atoms with van der Waals surface area (Å²) < 4.78 is 2.35. The predicted molar refractivity (Wildman–Crippen MR) is 45.7 cm³/mol. The molecule has 2 aromatic heterocycles. The first-order valence-electron chi connectivity index (χ1n) is 2.93. The Morgan fingerprint density at radius 1 is 1.55 bits per heavy atom. The lowest BCUT2D eigenvalue weighted by Gasteiger charge is -1.87. The lowest BCUT2D eigenvalue weighted by Crippen LogP contribution is -1.86. The minimum atomic E-state index is 0.434. The van der Waals surface area contributed by atoms with E-state index >= 15 is 0 Å². The smallest absolute Gasteiger partial charge is 0.170 e. The maximum atomic E-state index is 5.73. The van der Waals surface area contributed by atoms with Gasteiger partial charge in [-0.15, -0.1) is 0 Å². The van der Waals surface area contributed by atoms with E-state index in [0.717, 1.165) is 10.1 Å². The van der Waals surface area contributed by atoms with Gasteiger partial charge < -0.3 is 0 Å². The number of nitrogens with zero attached hydrogens (tertiary/aromatic N) is 3. The molecule has 0 aromatic carbocycles. The van der Waals surface area contributed by atoms with Crippen molar-refractivity contribution in [3.8, 4) is 0 Å². The van der Waals surface area contributed by atoms with Crippen molar-refractivity contribution in [3.63, 3.8) is 0 Å². The number of rotatable bonds is 0. The molecule has 56 valence electrons. The van der Waals surface area contributed by atoms with Crippen molar-refractivity contribution < 1.29 is 0 Å². The Hall–Kier alpha value is -0.610. The quantitative estimate of drug-likeness (QED) is 0.697. The topological polar surface area (TPSA) is 30.2 Å². The van der Waals surface area contributed by atoms with Crippen LogP contribution in [0.25, 0.3) is 5.65 Å². The molecule has 2 heterocycles. The molecule has 0 aliphatic carbocycles. The Morgan fingerprint density at radius 3 is 3.09 bits per heavy atom. The highest BCUT2D eigenvalue weighted by Gasteiger charge is 2.06. The fourth-order valence-electron chi connectivity index (χ4n) is 0.832. The highest BCUT2D eigenvalue weighted by molar-refractivity contribution is 9.10. The third-order valence-corrected chi connectivity index (χ3v) is 2.52. The maximum Gasteiger partial charge on any atom is 0.170 e. The fourth-order valence-corrected chi connectivity index (χ4v) is 1.36. The summed E-state index contributed by atoms with van der Waals surface area (Å²) in [6.45, 7) is 0. The maximum absolute atomic E-state index is 5.73. The largest absolute Gasteiger partial charge is 0.236 e. The number of hydrogen-bond acceptors (Lipinski definition) is 2. The van der Waals surface area contributed by atoms with Gasteiger partial charge in [-0.05, 0) is 22.0 Å². The van der Waals surface area contributed by atoms with Crippen LogP contribution in [0, 0.1) is 0 Å². The average Bonchev–Trinajstić information content (AvgIpc) is 2.30. The van der Waals surface area contributed by atoms with Crippen molar-refractivity contribution in [2.24, 2.45) is 0 Å². The second kappa shape index (κ2) is 2.46. The first-order valence-corrected chi connectivity index (χ1v) is 4.10. The van der Waals surface area contributed by atoms with Gasteiger partial charge in [0.2, 0.25) is 0 Å². The normalized spacial score (nSPS) is 10.7. The van der Waals surface area contributed by atoms with Gasteiger partial charge in [0.15, 0.2) is 10.8 Å². The van der Waals surface area contributed by atoms with Gasteiger partial charge in [-0.25, -0.2) is 9.50 Å². The minimum Gasteiger partial charge on any atom is -0.236 e. The van der Waals surface area contributed by atoms with Gasteiger partial charge in [0.05, 0.1) is 0 Å². The van der Waals surface area contributed by atoms with E-state index in [1.807, 2.05) is 0 Å². The first kappa shape index (κ1) is 7.06. The van der Waals surface area contributed by atoms with Gasteiger partial charge >= 0.3 is 0 Å². The molecule has 3 nitrogen and oxygen atoms in total. The van der Waals surface area contributed by atoms with Crippen molar-refractivity contribution in [1.82, 2.24) is 14.6 Å². The van der Waals surface area contributed by atoms with Crippen LogP contribution in [0.3, 0.4) is 0 Å². The lowest BCUT2D eigenvalue weighted by molar-refractivity contribution is 0.940. The van der Waals surface area contributed by atoms with Gasteiger partial charge in [0.1, 0.15) is 4.47 Å². The summed E-state index contributed by atoms with van der Waals surface area (Å²) in [4.78, 5) is 4.07. The minimum absolute atomic E-state index is 0.434. The van der Waals surface area contributed by atoms with E-state index in [4.69, 9.17) is 11.6 Å². The third-order valence-electron chi connectivity index (χ3n) is 1.30. The van der Waals surface area contributed by atoms with Crippen LogP contribution in [0.5, 0.6) is 0 Å². The Bertz CT molecular complexity index is 398. The standard InChI is InChI=1S/C6H3BrClN3/c7-4-5(8)10-11-3-1-2-9-6(4)11/h1-3H. The number of hydrogen-bond donors (Lipinski definition) is 0. The van der Waals surface area contributed by atoms with E-state index in [2.05, 4.69) is 26.0 Å². The van der Waals surface area contributed by atoms with Crippen LogP contribution in [-0.2, 0) is 0 Å². The highest BCUT2D eigenvalue weighted by atomic mass is 79.9. The molecule has 0 unspecified atom stereocenters. The zero-order chi connectivity index (χ0) is 7.84. The SMILES string of the molecule is Clc1nn2cccnc2c1Br. The van der Waals surface area contributed by atoms with Crippen LogP contribution in [-0.4, -0.2) is 14.6 Å². The Balaban J connectivity index is 2.92. The van der Waals surface area contributed by atoms with Crippen LogP contribution in [0.1, 0.15) is 0 Å². The molecule has 0 fully saturated rings. The Labute approximate surface area is 76.1 Å². The zero-order valence-corrected chi connectivity index (χ0v) is 7.67. The molecular formula is C6H3BrClN3. The van der Waals surface area contributed by atoms with Gasteiger partial charge in [0, 0.05) is 12.4 Å². The van der Waals surface area contributed by atoms with E-state index in [-0.39, 0.29) is 0 Å². The predicted octanol–water partition coefficient (Wildman–Crippen LogP) is 2.15. The van der Waals surface area contributed by atoms with Gasteiger partial charge in [0.25, 0.3) is 0 Å². The summed E-state index contributed by atoms with van der Waals surface area (Å²) in [5.74, 6) is 0. The summed E-state index contributed by atoms with van der Waals surface area (Å²) in [6.07, 6.45) is 3.48. The van der Waals surface area contributed by atoms with Crippen molar-refractivity contribution >= 4 is 33.2 Å². The molecule has 0 atom stereocenters. The summed E-state index contributed by atoms with van der Waals surface area (Å²) in [6, 6.07) is 1.79. The molecular weight excluding hydrogens is 229 g/mol. The number of fused-ring (bicyclic) bond motifs is 1. The summed E-state index contributed by atoms with van der Waals surface area (Å²) in [5, 5.41) is 4.42. The molecule has 2 aromatic rings. The molecule has 11 heavy (non-hydrogen) atoms. The van der Waals surface area contributed by atoms with Gasteiger partial charge in [-0.3, -0.25) is 0 Å². The van der Waals surface area contributed by atoms with Crippen LogP contribution in [0.4, 0.5) is 0 Å². The molecule has 0 aliphatic rings. The van der Waals surface area contributed by atoms with Crippen LogP contribution in [0.15, 0.2) is 22.9 Å². The molecule has 0 saturated carbocycles. The number of halogens is 2. The van der Waals surface area contributed by atoms with Gasteiger partial charge in [-0.1, -0.05) is 11.6 Å². The van der Waals surface area contributed by atoms with Crippen molar-refractivity contribution in [2.45, 2.75) is 0 Å². The summed E-state index contributed by atoms with van der Waals surface area (Å²) >= 11 is 9.01. The summed E-state index contributed by atoms with van der Waals surface area (Å²) in [5.41, 5.74) is 0.734. The van der Waals surface area contributed by atoms with Crippen LogP contribution < -0.4 is 0 Å². The van der Waals surface area contributed by atoms with Gasteiger partial charge in [-0.2, -0.15) is 5.10 Å². The second-order valence-corrected chi connectivity index (χ2v) is 3.14. The lowest BCUT2D eigenvalue weighted by atomic mass is 10.6. The van der Waals surface area contributed by atoms with Crippen molar-refractivity contribution in [3.05, 3.63) is 28.1 Å². The molecule has 0 amide bonds. The molecule has 0 spiro atoms. The zero-order valence-electron chi connectivity index (χ0n) is 5.33. The van der Waals surface area contributed by atoms with E-state index in [1.165, 1.54) is 0 Å². The third kappa shape index (κ3) is 1.02. The Kier molecular flexibility index (Phi) is 1.58. The molecule has 0 saturated heterocycles. The van der Waals surface area contributed by atoms with Crippen molar-refractivity contribution in [1.29, 1.82) is 0 Å². The summed E-state index contributed by atoms with van der Waals surface area (Å²) in [7, 11) is 0. The first-order chi connectivity index (χ1) is 5.29. The monoisotopic (exact) mass is 231 g/mol. The molecule has 0 N–H and O–H groups in total. The van der Waals surface area contributed by atoms with E-state index in [1.54, 1.807) is 23.0 Å². The fraction of sp³-hybridized carbons (Fsp3) is 0. The van der Waals surface area contributed by atoms with E-state index in [0.29, 0.717) is 5.15 Å². The molecule has 0 radical (unpaired) electrons. The number of aromatic nitrogens is 3. The molecule has 0 aliphatic heterocycles. The molecule has 5 heteroatoms. The van der Waals surface area contributed by atoms with E-state index in [9.17, 15) is 0 Å². The Morgan fingerprint density at radius 2 is 2.36 bits per heavy atom. The highest BCUT2D eigenvalue weighted by Crippen LogP contribution is 2.23. The molecule has 0 bridgehead atoms. The van der Waals surface area contributed by atoms with E-state index < -0.39 is 0 Å². The van der Waals surface area contributed by atoms with Crippen LogP contribution >= 0.6 is 27.5 Å². The molecule has 2 rings (SSSR count). The second-order valence-electron chi connectivity index (χ2n) is 1.99. The van der Waals surface area contributed by atoms with Crippen LogP contribution in [0.2, 0.25) is 5.15 Å².